The summed E-state index contributed by atoms with van der Waals surface area (Å²) in [5, 5.41) is 0. The first-order valence-electron chi connectivity index (χ1n) is 23.6. The van der Waals surface area contributed by atoms with E-state index in [2.05, 4.69) is 86.0 Å². The van der Waals surface area contributed by atoms with E-state index in [0.29, 0.717) is 0 Å². The van der Waals surface area contributed by atoms with Crippen molar-refractivity contribution in [2.45, 2.75) is 233 Å². The zero-order valence-electron chi connectivity index (χ0n) is 35.9. The van der Waals surface area contributed by atoms with Gasteiger partial charge in [0, 0.05) is 0 Å². The van der Waals surface area contributed by atoms with Crippen LogP contribution < -0.4 is 0 Å². The molecule has 2 rings (SSSR count). The Morgan fingerprint density at radius 1 is 0.463 bits per heavy atom. The number of unbranched alkanes of at least 4 members (excludes halogenated alkanes) is 27. The number of benzene rings is 2. The fourth-order valence-electron chi connectivity index (χ4n) is 7.91. The zero-order chi connectivity index (χ0) is 38.6. The minimum absolute atomic E-state index is 0.872. The molecule has 0 unspecified atom stereocenters. The highest BCUT2D eigenvalue weighted by Crippen LogP contribution is 2.28. The SMILES string of the molecule is CCCCCCCCCCCCCCCCCCCCCCCc1cccc(C(=CC(=C=[N+]=[N-])CCCCC)c2ccc(CCCCCCCC)cc2)c1. The predicted octanol–water partition coefficient (Wildman–Crippen LogP) is 17.2. The first-order valence-corrected chi connectivity index (χ1v) is 23.6. The second-order valence-electron chi connectivity index (χ2n) is 16.5. The van der Waals surface area contributed by atoms with Crippen LogP contribution in [0.2, 0.25) is 0 Å². The molecule has 0 saturated carbocycles. The van der Waals surface area contributed by atoms with E-state index in [-0.39, 0.29) is 0 Å². The molecule has 0 saturated heterocycles. The van der Waals surface area contributed by atoms with Crippen LogP contribution in [0.15, 0.2) is 60.2 Å². The van der Waals surface area contributed by atoms with E-state index in [9.17, 15) is 5.53 Å². The molecule has 2 nitrogen and oxygen atoms in total. The van der Waals surface area contributed by atoms with Crippen molar-refractivity contribution in [1.29, 1.82) is 0 Å². The lowest BCUT2D eigenvalue weighted by Crippen LogP contribution is -1.95. The van der Waals surface area contributed by atoms with Crippen molar-refractivity contribution < 1.29 is 4.79 Å². The summed E-state index contributed by atoms with van der Waals surface area (Å²) in [5.41, 5.74) is 16.9. The summed E-state index contributed by atoms with van der Waals surface area (Å²) in [6.45, 7) is 6.81. The normalized spacial score (nSPS) is 11.5. The van der Waals surface area contributed by atoms with Crippen molar-refractivity contribution in [1.82, 2.24) is 0 Å². The highest BCUT2D eigenvalue weighted by atomic mass is 14.8. The van der Waals surface area contributed by atoms with Gasteiger partial charge in [-0.1, -0.05) is 243 Å². The molecule has 0 heterocycles. The molecule has 0 spiro atoms. The highest BCUT2D eigenvalue weighted by Gasteiger charge is 2.10. The summed E-state index contributed by atoms with van der Waals surface area (Å²) < 4.78 is 0. The van der Waals surface area contributed by atoms with Crippen LogP contribution in [0.25, 0.3) is 11.1 Å². The molecule has 0 radical (unpaired) electrons. The zero-order valence-corrected chi connectivity index (χ0v) is 35.9. The summed E-state index contributed by atoms with van der Waals surface area (Å²) >= 11 is 0. The molecule has 0 amide bonds. The van der Waals surface area contributed by atoms with Crippen LogP contribution in [0, 0.1) is 0 Å². The van der Waals surface area contributed by atoms with Crippen molar-refractivity contribution in [2.75, 3.05) is 0 Å². The Morgan fingerprint density at radius 3 is 1.31 bits per heavy atom. The van der Waals surface area contributed by atoms with Crippen molar-refractivity contribution in [3.8, 4) is 0 Å². The minimum atomic E-state index is 0.872. The Morgan fingerprint density at radius 2 is 0.870 bits per heavy atom. The van der Waals surface area contributed by atoms with Gasteiger partial charge in [0.1, 0.15) is 0 Å². The molecule has 0 aliphatic rings. The van der Waals surface area contributed by atoms with E-state index in [0.717, 1.165) is 31.3 Å². The van der Waals surface area contributed by atoms with Gasteiger partial charge in [-0.15, -0.1) is 4.79 Å². The fourth-order valence-corrected chi connectivity index (χ4v) is 7.91. The van der Waals surface area contributed by atoms with E-state index in [1.54, 1.807) is 0 Å². The molecule has 54 heavy (non-hydrogen) atoms. The van der Waals surface area contributed by atoms with E-state index >= 15 is 0 Å². The molecule has 0 aliphatic carbocycles. The van der Waals surface area contributed by atoms with Gasteiger partial charge < -0.3 is 5.53 Å². The molecule has 302 valence electrons. The number of hydrogen-bond donors (Lipinski definition) is 0. The van der Waals surface area contributed by atoms with E-state index in [1.807, 2.05) is 0 Å². The Bertz CT molecular complexity index is 1270. The van der Waals surface area contributed by atoms with E-state index in [1.165, 1.54) is 214 Å². The summed E-state index contributed by atoms with van der Waals surface area (Å²) in [5.74, 6) is 2.90. The van der Waals surface area contributed by atoms with Crippen molar-refractivity contribution >= 4 is 11.4 Å². The summed E-state index contributed by atoms with van der Waals surface area (Å²) in [6.07, 6.45) is 46.6. The minimum Gasteiger partial charge on any atom is -0.348 e. The van der Waals surface area contributed by atoms with Gasteiger partial charge in [0.25, 0.3) is 0 Å². The van der Waals surface area contributed by atoms with Crippen molar-refractivity contribution in [2.24, 2.45) is 0 Å². The Labute approximate surface area is 335 Å². The van der Waals surface area contributed by atoms with Gasteiger partial charge in [-0.25, -0.2) is 0 Å². The third kappa shape index (κ3) is 24.7. The third-order valence-corrected chi connectivity index (χ3v) is 11.5. The maximum atomic E-state index is 9.44. The molecular formula is C52H84N2. The largest absolute Gasteiger partial charge is 0.348 e. The lowest BCUT2D eigenvalue weighted by Gasteiger charge is -2.12. The average molecular weight is 737 g/mol. The molecule has 0 bridgehead atoms. The number of aryl methyl sites for hydroxylation is 2. The molecule has 2 aromatic rings. The van der Waals surface area contributed by atoms with Crippen LogP contribution in [0.5, 0.6) is 0 Å². The van der Waals surface area contributed by atoms with Crippen LogP contribution in [0.4, 0.5) is 0 Å². The second kappa shape index (κ2) is 34.8. The fraction of sp³-hybridized carbons (Fsp3) is 0.692. The quantitative estimate of drug-likeness (QED) is 0.0220. The summed E-state index contributed by atoms with van der Waals surface area (Å²) in [6, 6.07) is 18.4. The maximum Gasteiger partial charge on any atom is 0.303 e. The Balaban J connectivity index is 1.74. The lowest BCUT2D eigenvalue weighted by molar-refractivity contribution is 0.00746. The smallest absolute Gasteiger partial charge is 0.303 e. The van der Waals surface area contributed by atoms with Crippen LogP contribution >= 0.6 is 0 Å². The molecule has 0 aliphatic heterocycles. The van der Waals surface area contributed by atoms with Gasteiger partial charge in [-0.05, 0) is 72.4 Å². The van der Waals surface area contributed by atoms with Crippen LogP contribution in [-0.4, -0.2) is 10.7 Å². The van der Waals surface area contributed by atoms with Gasteiger partial charge in [0.15, 0.2) is 0 Å². The van der Waals surface area contributed by atoms with Crippen molar-refractivity contribution in [3.05, 3.63) is 88.0 Å². The number of rotatable bonds is 36. The van der Waals surface area contributed by atoms with Gasteiger partial charge in [-0.2, -0.15) is 0 Å². The van der Waals surface area contributed by atoms with Gasteiger partial charge >= 0.3 is 5.87 Å². The molecule has 0 N–H and O–H groups in total. The van der Waals surface area contributed by atoms with Gasteiger partial charge in [-0.3, -0.25) is 0 Å². The van der Waals surface area contributed by atoms with E-state index in [4.69, 9.17) is 0 Å². The first kappa shape index (κ1) is 47.5. The highest BCUT2D eigenvalue weighted by molar-refractivity contribution is 5.83. The lowest BCUT2D eigenvalue weighted by atomic mass is 9.91. The molecule has 0 atom stereocenters. The molecule has 2 aromatic carbocycles. The van der Waals surface area contributed by atoms with Crippen molar-refractivity contribution in [3.63, 3.8) is 0 Å². The Hall–Kier alpha value is -2.66. The molecular weight excluding hydrogens is 653 g/mol. The molecule has 0 fully saturated rings. The van der Waals surface area contributed by atoms with Crippen LogP contribution in [0.1, 0.15) is 242 Å². The number of allylic oxidation sites excluding steroid dienone is 2. The maximum absolute atomic E-state index is 9.44. The van der Waals surface area contributed by atoms with Crippen LogP contribution in [-0.2, 0) is 12.8 Å². The monoisotopic (exact) mass is 737 g/mol. The summed E-state index contributed by atoms with van der Waals surface area (Å²) in [7, 11) is 0. The number of nitrogens with zero attached hydrogens (tertiary/aromatic N) is 2. The molecule has 0 aromatic heterocycles. The average Bonchev–Trinajstić information content (AvgIpc) is 3.19. The first-order chi connectivity index (χ1) is 26.7. The van der Waals surface area contributed by atoms with Gasteiger partial charge in [0.2, 0.25) is 0 Å². The van der Waals surface area contributed by atoms with Crippen LogP contribution in [0.3, 0.4) is 0 Å². The van der Waals surface area contributed by atoms with Gasteiger partial charge in [0.05, 0.1) is 5.57 Å². The predicted molar refractivity (Wildman–Crippen MR) is 240 cm³/mol. The third-order valence-electron chi connectivity index (χ3n) is 11.5. The molecule has 2 heteroatoms. The summed E-state index contributed by atoms with van der Waals surface area (Å²) in [4.78, 5) is 3.33. The Kier molecular flexibility index (Phi) is 30.6. The standard InChI is InChI=1S/C52H84N2/c1-4-7-10-12-14-15-16-17-18-19-20-21-22-23-24-25-26-27-28-30-33-36-48-38-34-39-51(44-48)52(45-49(46-54-53)37-31-9-6-3)50-42-40-47(41-43-50)35-32-29-13-11-8-5-2/h34,38-45H,4-33,35-37H2,1-3H3. The number of hydrogen-bond acceptors (Lipinski definition) is 0. The van der Waals surface area contributed by atoms with E-state index < -0.39 is 0 Å². The topological polar surface area (TPSA) is 36.4 Å². The second-order valence-corrected chi connectivity index (χ2v) is 16.5.